The fourth-order valence-corrected chi connectivity index (χ4v) is 5.45. The largest absolute Gasteiger partial charge is 0.378 e. The van der Waals surface area contributed by atoms with Gasteiger partial charge in [-0.05, 0) is 66.6 Å². The zero-order valence-corrected chi connectivity index (χ0v) is 18.2. The number of allylic oxidation sites excluding steroid dienone is 2. The van der Waals surface area contributed by atoms with E-state index in [1.165, 1.54) is 24.0 Å². The van der Waals surface area contributed by atoms with Crippen LogP contribution in [0, 0.1) is 5.92 Å². The smallest absolute Gasteiger partial charge is 0.253 e. The van der Waals surface area contributed by atoms with Gasteiger partial charge in [-0.1, -0.05) is 53.1 Å². The number of rotatable bonds is 2. The number of amides is 1. The van der Waals surface area contributed by atoms with E-state index >= 15 is 0 Å². The van der Waals surface area contributed by atoms with E-state index in [9.17, 15) is 4.79 Å². The zero-order chi connectivity index (χ0) is 19.8. The summed E-state index contributed by atoms with van der Waals surface area (Å²) < 4.78 is 1.11. The van der Waals surface area contributed by atoms with Crippen molar-refractivity contribution >= 4 is 27.5 Å². The van der Waals surface area contributed by atoms with Crippen molar-refractivity contribution in [3.05, 3.63) is 75.8 Å². The van der Waals surface area contributed by atoms with Gasteiger partial charge in [-0.15, -0.1) is 0 Å². The molecule has 2 aromatic rings. The first kappa shape index (κ1) is 18.9. The Hall–Kier alpha value is -2.07. The van der Waals surface area contributed by atoms with Gasteiger partial charge in [0.15, 0.2) is 0 Å². The number of hydrogen-bond acceptors (Lipinski definition) is 2. The number of nitrogens with zero attached hydrogens (tertiary/aromatic N) is 1. The van der Waals surface area contributed by atoms with Crippen molar-refractivity contribution in [3.63, 3.8) is 0 Å². The van der Waals surface area contributed by atoms with Crippen LogP contribution in [0.5, 0.6) is 0 Å². The Morgan fingerprint density at radius 3 is 2.52 bits per heavy atom. The zero-order valence-electron chi connectivity index (χ0n) is 16.6. The third-order valence-corrected chi connectivity index (χ3v) is 7.26. The van der Waals surface area contributed by atoms with E-state index in [0.29, 0.717) is 17.9 Å². The highest BCUT2D eigenvalue weighted by Crippen LogP contribution is 2.50. The lowest BCUT2D eigenvalue weighted by atomic mass is 9.76. The van der Waals surface area contributed by atoms with Gasteiger partial charge in [0.1, 0.15) is 0 Å². The molecule has 2 heterocycles. The molecular formula is C25H27BrN2O. The molecule has 1 aliphatic carbocycles. The molecule has 2 aromatic carbocycles. The van der Waals surface area contributed by atoms with Crippen molar-refractivity contribution in [2.45, 2.75) is 44.1 Å². The molecule has 0 spiro atoms. The SMILES string of the molecule is O=C(c1ccc2c(c1)[C@@H]1C=CC[C@@H]1[C@@H](c1ccc(Br)cc1)N2)N1CCCCCC1. The molecule has 0 saturated carbocycles. The van der Waals surface area contributed by atoms with Crippen molar-refractivity contribution in [2.24, 2.45) is 5.92 Å². The van der Waals surface area contributed by atoms with Gasteiger partial charge in [0, 0.05) is 34.7 Å². The summed E-state index contributed by atoms with van der Waals surface area (Å²) in [5.41, 5.74) is 4.60. The van der Waals surface area contributed by atoms with Crippen molar-refractivity contribution < 1.29 is 4.79 Å². The van der Waals surface area contributed by atoms with E-state index in [2.05, 4.69) is 74.7 Å². The van der Waals surface area contributed by atoms with Crippen LogP contribution < -0.4 is 5.32 Å². The minimum absolute atomic E-state index is 0.197. The summed E-state index contributed by atoms with van der Waals surface area (Å²) in [6.45, 7) is 1.79. The molecule has 4 heteroatoms. The summed E-state index contributed by atoms with van der Waals surface area (Å²) in [5, 5.41) is 3.78. The average Bonchev–Trinajstić information content (AvgIpc) is 3.09. The Bertz CT molecular complexity index is 928. The Morgan fingerprint density at radius 2 is 1.76 bits per heavy atom. The summed E-state index contributed by atoms with van der Waals surface area (Å²) in [6.07, 6.45) is 10.5. The van der Waals surface area contributed by atoms with E-state index in [0.717, 1.165) is 48.1 Å². The number of fused-ring (bicyclic) bond motifs is 3. The van der Waals surface area contributed by atoms with Crippen molar-refractivity contribution in [1.82, 2.24) is 4.90 Å². The number of likely N-dealkylation sites (tertiary alicyclic amines) is 1. The van der Waals surface area contributed by atoms with E-state index in [1.54, 1.807) is 0 Å². The van der Waals surface area contributed by atoms with E-state index in [4.69, 9.17) is 0 Å². The van der Waals surface area contributed by atoms with Crippen LogP contribution in [0.25, 0.3) is 0 Å². The number of benzene rings is 2. The Balaban J connectivity index is 1.45. The predicted octanol–water partition coefficient (Wildman–Crippen LogP) is 6.29. The Labute approximate surface area is 181 Å². The first-order valence-corrected chi connectivity index (χ1v) is 11.6. The first-order chi connectivity index (χ1) is 14.2. The topological polar surface area (TPSA) is 32.3 Å². The average molecular weight is 451 g/mol. The lowest BCUT2D eigenvalue weighted by molar-refractivity contribution is 0.0761. The highest BCUT2D eigenvalue weighted by atomic mass is 79.9. The summed E-state index contributed by atoms with van der Waals surface area (Å²) in [4.78, 5) is 15.2. The van der Waals surface area contributed by atoms with E-state index < -0.39 is 0 Å². The Morgan fingerprint density at radius 1 is 1.00 bits per heavy atom. The molecule has 150 valence electrons. The monoisotopic (exact) mass is 450 g/mol. The van der Waals surface area contributed by atoms with E-state index in [-0.39, 0.29) is 5.91 Å². The Kier molecular flexibility index (Phi) is 5.21. The molecule has 1 saturated heterocycles. The number of nitrogens with one attached hydrogen (secondary N) is 1. The molecule has 1 amide bonds. The van der Waals surface area contributed by atoms with Gasteiger partial charge in [-0.2, -0.15) is 0 Å². The maximum Gasteiger partial charge on any atom is 0.253 e. The standard InChI is InChI=1S/C25H27BrN2O/c26-19-11-8-17(9-12-19)24-21-7-5-6-20(21)22-16-18(10-13-23(22)27-24)25(29)28-14-3-1-2-4-15-28/h5-6,8-13,16,20-21,24,27H,1-4,7,14-15H2/t20-,21+,24-/m1/s1. The molecule has 2 aliphatic heterocycles. The van der Waals surface area contributed by atoms with Gasteiger partial charge in [0.2, 0.25) is 0 Å². The van der Waals surface area contributed by atoms with Crippen LogP contribution in [0.1, 0.15) is 65.5 Å². The molecule has 0 aromatic heterocycles. The number of hydrogen-bond donors (Lipinski definition) is 1. The fraction of sp³-hybridized carbons (Fsp3) is 0.400. The summed E-state index contributed by atoms with van der Waals surface area (Å²) in [6, 6.07) is 15.2. The summed E-state index contributed by atoms with van der Waals surface area (Å²) >= 11 is 3.54. The van der Waals surface area contributed by atoms with Crippen LogP contribution >= 0.6 is 15.9 Å². The van der Waals surface area contributed by atoms with Crippen LogP contribution in [0.4, 0.5) is 5.69 Å². The molecule has 3 nitrogen and oxygen atoms in total. The second kappa shape index (κ2) is 7.98. The highest BCUT2D eigenvalue weighted by Gasteiger charge is 2.38. The lowest BCUT2D eigenvalue weighted by Gasteiger charge is -2.38. The van der Waals surface area contributed by atoms with Gasteiger partial charge >= 0.3 is 0 Å². The number of anilines is 1. The van der Waals surface area contributed by atoms with Crippen molar-refractivity contribution in [3.8, 4) is 0 Å². The van der Waals surface area contributed by atoms with Gasteiger partial charge in [-0.3, -0.25) is 4.79 Å². The highest BCUT2D eigenvalue weighted by molar-refractivity contribution is 9.10. The number of halogens is 1. The van der Waals surface area contributed by atoms with Crippen molar-refractivity contribution in [2.75, 3.05) is 18.4 Å². The molecule has 0 radical (unpaired) electrons. The first-order valence-electron chi connectivity index (χ1n) is 10.8. The molecule has 1 fully saturated rings. The second-order valence-electron chi connectivity index (χ2n) is 8.54. The maximum atomic E-state index is 13.1. The summed E-state index contributed by atoms with van der Waals surface area (Å²) in [7, 11) is 0. The van der Waals surface area contributed by atoms with Crippen LogP contribution in [-0.2, 0) is 0 Å². The fourth-order valence-electron chi connectivity index (χ4n) is 5.18. The minimum Gasteiger partial charge on any atom is -0.378 e. The maximum absolute atomic E-state index is 13.1. The van der Waals surface area contributed by atoms with Crippen LogP contribution in [0.3, 0.4) is 0 Å². The van der Waals surface area contributed by atoms with Crippen LogP contribution in [0.2, 0.25) is 0 Å². The molecule has 0 bridgehead atoms. The third kappa shape index (κ3) is 3.63. The molecular weight excluding hydrogens is 424 g/mol. The molecule has 3 atom stereocenters. The van der Waals surface area contributed by atoms with Crippen LogP contribution in [-0.4, -0.2) is 23.9 Å². The van der Waals surface area contributed by atoms with Gasteiger partial charge in [-0.25, -0.2) is 0 Å². The number of carbonyl (C=O) groups is 1. The molecule has 5 rings (SSSR count). The molecule has 29 heavy (non-hydrogen) atoms. The molecule has 0 unspecified atom stereocenters. The summed E-state index contributed by atoms with van der Waals surface area (Å²) in [5.74, 6) is 1.06. The molecule has 1 N–H and O–H groups in total. The normalized spacial score (nSPS) is 25.7. The lowest BCUT2D eigenvalue weighted by Crippen LogP contribution is -2.33. The second-order valence-corrected chi connectivity index (χ2v) is 9.45. The molecule has 3 aliphatic rings. The van der Waals surface area contributed by atoms with Crippen molar-refractivity contribution in [1.29, 1.82) is 0 Å². The van der Waals surface area contributed by atoms with E-state index in [1.807, 2.05) is 6.07 Å². The third-order valence-electron chi connectivity index (χ3n) is 6.73. The van der Waals surface area contributed by atoms with Gasteiger partial charge in [0.25, 0.3) is 5.91 Å². The quantitative estimate of drug-likeness (QED) is 0.544. The van der Waals surface area contributed by atoms with Crippen LogP contribution in [0.15, 0.2) is 59.1 Å². The predicted molar refractivity (Wildman–Crippen MR) is 121 cm³/mol. The number of carbonyl (C=O) groups excluding carboxylic acids is 1. The van der Waals surface area contributed by atoms with Gasteiger partial charge < -0.3 is 10.2 Å². The minimum atomic E-state index is 0.197. The van der Waals surface area contributed by atoms with Gasteiger partial charge in [0.05, 0.1) is 6.04 Å².